The lowest BCUT2D eigenvalue weighted by molar-refractivity contribution is -0.113. The molecule has 0 fully saturated rings. The van der Waals surface area contributed by atoms with Crippen molar-refractivity contribution >= 4 is 40.6 Å². The van der Waals surface area contributed by atoms with Crippen LogP contribution in [0.2, 0.25) is 5.15 Å². The van der Waals surface area contributed by atoms with Gasteiger partial charge in [0, 0.05) is 11.3 Å². The Morgan fingerprint density at radius 1 is 0.950 bits per heavy atom. The maximum atomic E-state index is 14.0. The molecule has 0 unspecified atom stereocenters. The highest BCUT2D eigenvalue weighted by molar-refractivity contribution is 7.07. The molecule has 0 aliphatic carbocycles. The van der Waals surface area contributed by atoms with E-state index in [1.165, 1.54) is 11.3 Å². The normalized spacial score (nSPS) is 15.1. The number of nitrogens with zero attached hydrogens (tertiary/aromatic N) is 4. The number of benzene rings is 3. The molecular weight excluding hydrogens is 542 g/mol. The predicted molar refractivity (Wildman–Crippen MR) is 159 cm³/mol. The summed E-state index contributed by atoms with van der Waals surface area (Å²) in [6.45, 7) is 3.66. The number of para-hydroxylation sites is 2. The van der Waals surface area contributed by atoms with Gasteiger partial charge >= 0.3 is 0 Å². The van der Waals surface area contributed by atoms with E-state index < -0.39 is 6.04 Å². The Morgan fingerprint density at radius 2 is 1.57 bits per heavy atom. The van der Waals surface area contributed by atoms with Crippen LogP contribution in [0.1, 0.15) is 29.8 Å². The van der Waals surface area contributed by atoms with E-state index in [-0.39, 0.29) is 11.5 Å². The van der Waals surface area contributed by atoms with Crippen LogP contribution in [0.3, 0.4) is 0 Å². The lowest BCUT2D eigenvalue weighted by atomic mass is 9.95. The molecule has 3 heterocycles. The lowest BCUT2D eigenvalue weighted by Gasteiger charge is -2.25. The number of halogens is 1. The number of hydrogen-bond donors (Lipinski definition) is 1. The fourth-order valence-corrected chi connectivity index (χ4v) is 6.18. The molecule has 0 bridgehead atoms. The number of hydrogen-bond acceptors (Lipinski definition) is 5. The number of rotatable bonds is 5. The number of amides is 1. The van der Waals surface area contributed by atoms with E-state index in [0.29, 0.717) is 42.7 Å². The van der Waals surface area contributed by atoms with Crippen LogP contribution < -0.4 is 20.2 Å². The molecule has 9 heteroatoms. The molecule has 1 aliphatic rings. The molecule has 0 spiro atoms. The van der Waals surface area contributed by atoms with Crippen LogP contribution >= 0.6 is 22.9 Å². The average Bonchev–Trinajstić information content (AvgIpc) is 3.43. The van der Waals surface area contributed by atoms with Crippen molar-refractivity contribution in [1.82, 2.24) is 14.3 Å². The van der Waals surface area contributed by atoms with Crippen molar-refractivity contribution < 1.29 is 4.79 Å². The van der Waals surface area contributed by atoms with Gasteiger partial charge < -0.3 is 5.32 Å². The number of thiazole rings is 1. The molecule has 198 valence electrons. The van der Waals surface area contributed by atoms with E-state index in [4.69, 9.17) is 16.6 Å². The maximum Gasteiger partial charge on any atom is 0.271 e. The molecule has 7 nitrogen and oxygen atoms in total. The maximum absolute atomic E-state index is 14.0. The molecule has 40 heavy (non-hydrogen) atoms. The highest BCUT2D eigenvalue weighted by Gasteiger charge is 2.32. The number of anilines is 1. The van der Waals surface area contributed by atoms with E-state index >= 15 is 0 Å². The summed E-state index contributed by atoms with van der Waals surface area (Å²) in [5.41, 5.74) is 4.37. The SMILES string of the molecule is CC1=C(C(=O)Nc2ccccc2)[C@@H](c2ccccc2)n2c(s/c(=C/c3c(C)nn(-c4ccccc4)c3Cl)c2=O)=N1. The van der Waals surface area contributed by atoms with Gasteiger partial charge in [-0.1, -0.05) is 89.7 Å². The Kier molecular flexibility index (Phi) is 6.79. The van der Waals surface area contributed by atoms with Gasteiger partial charge in [0.15, 0.2) is 4.80 Å². The van der Waals surface area contributed by atoms with E-state index in [1.54, 1.807) is 22.2 Å². The molecule has 0 saturated heterocycles. The summed E-state index contributed by atoms with van der Waals surface area (Å²) in [5, 5.41) is 7.98. The molecule has 3 aromatic carbocycles. The first-order valence-corrected chi connectivity index (χ1v) is 13.9. The number of aromatic nitrogens is 3. The Morgan fingerprint density at radius 3 is 2.25 bits per heavy atom. The molecule has 0 radical (unpaired) electrons. The van der Waals surface area contributed by atoms with Crippen LogP contribution in [-0.2, 0) is 4.79 Å². The standard InChI is InChI=1S/C31H24ClN5O2S/c1-19-24(28(32)37(35-19)23-16-10-5-11-17-23)18-25-30(39)36-27(21-12-6-3-7-13-21)26(20(2)33-31(36)40-25)29(38)34-22-14-8-4-9-15-22/h3-18,27H,1-2H3,(H,34,38)/b25-18+/t27-/m1/s1. The van der Waals surface area contributed by atoms with Crippen LogP contribution in [0, 0.1) is 6.92 Å². The van der Waals surface area contributed by atoms with Crippen molar-refractivity contribution in [2.24, 2.45) is 4.99 Å². The van der Waals surface area contributed by atoms with Crippen LogP contribution in [0.5, 0.6) is 0 Å². The second-order valence-electron chi connectivity index (χ2n) is 9.35. The minimum Gasteiger partial charge on any atom is -0.322 e. The second kappa shape index (κ2) is 10.6. The first kappa shape index (κ1) is 25.7. The number of fused-ring (bicyclic) bond motifs is 1. The van der Waals surface area contributed by atoms with Gasteiger partial charge in [0.05, 0.1) is 33.2 Å². The van der Waals surface area contributed by atoms with Crippen LogP contribution in [-0.4, -0.2) is 20.3 Å². The predicted octanol–water partition coefficient (Wildman–Crippen LogP) is 5.02. The van der Waals surface area contributed by atoms with Crippen molar-refractivity contribution in [3.63, 3.8) is 0 Å². The summed E-state index contributed by atoms with van der Waals surface area (Å²) in [6, 6.07) is 27.7. The molecule has 1 aliphatic heterocycles. The van der Waals surface area contributed by atoms with Crippen molar-refractivity contribution in [2.75, 3.05) is 5.32 Å². The summed E-state index contributed by atoms with van der Waals surface area (Å²) in [6.07, 6.45) is 1.76. The van der Waals surface area contributed by atoms with Crippen molar-refractivity contribution in [3.8, 4) is 5.69 Å². The Labute approximate surface area is 239 Å². The van der Waals surface area contributed by atoms with Gasteiger partial charge in [-0.25, -0.2) is 9.67 Å². The summed E-state index contributed by atoms with van der Waals surface area (Å²) < 4.78 is 3.71. The Hall–Kier alpha value is -4.53. The average molecular weight is 566 g/mol. The zero-order valence-electron chi connectivity index (χ0n) is 21.7. The minimum absolute atomic E-state index is 0.252. The number of carbonyl (C=O) groups is 1. The third-order valence-electron chi connectivity index (χ3n) is 6.74. The Balaban J connectivity index is 1.49. The molecule has 6 rings (SSSR count). The Bertz CT molecular complexity index is 1940. The van der Waals surface area contributed by atoms with E-state index in [9.17, 15) is 9.59 Å². The first-order valence-electron chi connectivity index (χ1n) is 12.7. The van der Waals surface area contributed by atoms with Crippen LogP contribution in [0.4, 0.5) is 5.69 Å². The lowest BCUT2D eigenvalue weighted by Crippen LogP contribution is -2.40. The van der Waals surface area contributed by atoms with Gasteiger partial charge in [-0.15, -0.1) is 0 Å². The van der Waals surface area contributed by atoms with Crippen molar-refractivity contribution in [3.05, 3.63) is 144 Å². The van der Waals surface area contributed by atoms with Crippen LogP contribution in [0.25, 0.3) is 11.8 Å². The molecule has 1 N–H and O–H groups in total. The number of carbonyl (C=O) groups excluding carboxylic acids is 1. The minimum atomic E-state index is -0.646. The topological polar surface area (TPSA) is 81.3 Å². The number of allylic oxidation sites excluding steroid dienone is 1. The third kappa shape index (κ3) is 4.61. The molecular formula is C31H24ClN5O2S. The van der Waals surface area contributed by atoms with E-state index in [1.807, 2.05) is 97.9 Å². The fraction of sp³-hybridized carbons (Fsp3) is 0.0968. The monoisotopic (exact) mass is 565 g/mol. The van der Waals surface area contributed by atoms with Gasteiger partial charge in [-0.05, 0) is 49.8 Å². The first-order chi connectivity index (χ1) is 19.4. The van der Waals surface area contributed by atoms with E-state index in [2.05, 4.69) is 10.4 Å². The number of nitrogens with one attached hydrogen (secondary N) is 1. The van der Waals surface area contributed by atoms with Gasteiger partial charge in [0.1, 0.15) is 5.15 Å². The third-order valence-corrected chi connectivity index (χ3v) is 8.08. The van der Waals surface area contributed by atoms with Crippen molar-refractivity contribution in [1.29, 1.82) is 0 Å². The summed E-state index contributed by atoms with van der Waals surface area (Å²) in [4.78, 5) is 32.9. The van der Waals surface area contributed by atoms with Gasteiger partial charge in [0.25, 0.3) is 11.5 Å². The second-order valence-corrected chi connectivity index (χ2v) is 10.7. The van der Waals surface area contributed by atoms with Gasteiger partial charge in [-0.2, -0.15) is 5.10 Å². The van der Waals surface area contributed by atoms with Crippen LogP contribution in [0.15, 0.2) is 112 Å². The highest BCUT2D eigenvalue weighted by Crippen LogP contribution is 2.31. The smallest absolute Gasteiger partial charge is 0.271 e. The summed E-state index contributed by atoms with van der Waals surface area (Å²) in [5.74, 6) is -0.307. The van der Waals surface area contributed by atoms with Crippen molar-refractivity contribution in [2.45, 2.75) is 19.9 Å². The summed E-state index contributed by atoms with van der Waals surface area (Å²) in [7, 11) is 0. The molecule has 0 saturated carbocycles. The highest BCUT2D eigenvalue weighted by atomic mass is 35.5. The number of aryl methyl sites for hydroxylation is 1. The molecule has 5 aromatic rings. The molecule has 1 amide bonds. The van der Waals surface area contributed by atoms with E-state index in [0.717, 1.165) is 11.3 Å². The molecule has 2 aromatic heterocycles. The fourth-order valence-electron chi connectivity index (χ4n) is 4.83. The molecule has 1 atom stereocenters. The van der Waals surface area contributed by atoms with Gasteiger partial charge in [-0.3, -0.25) is 14.2 Å². The zero-order valence-corrected chi connectivity index (χ0v) is 23.3. The zero-order chi connectivity index (χ0) is 27.8. The largest absolute Gasteiger partial charge is 0.322 e. The summed E-state index contributed by atoms with van der Waals surface area (Å²) >= 11 is 8.03. The quantitative estimate of drug-likeness (QED) is 0.325. The van der Waals surface area contributed by atoms with Gasteiger partial charge in [0.2, 0.25) is 0 Å².